The summed E-state index contributed by atoms with van der Waals surface area (Å²) in [6, 6.07) is 13.3. The monoisotopic (exact) mass is 524 g/mol. The molecule has 1 aromatic heterocycles. The van der Waals surface area contributed by atoms with Gasteiger partial charge in [-0.1, -0.05) is 29.6 Å². The Morgan fingerprint density at radius 3 is 2.22 bits per heavy atom. The lowest BCUT2D eigenvalue weighted by molar-refractivity contribution is -0.118. The molecule has 8 nitrogen and oxygen atoms in total. The number of anilines is 1. The third kappa shape index (κ3) is 6.10. The summed E-state index contributed by atoms with van der Waals surface area (Å²) in [6.45, 7) is -0.263. The molecular formula is C27H25FN2O6S. The maximum Gasteiger partial charge on any atom is 0.264 e. The summed E-state index contributed by atoms with van der Waals surface area (Å²) in [5.41, 5.74) is 2.26. The molecule has 0 aliphatic carbocycles. The Kier molecular flexibility index (Phi) is 8.09. The van der Waals surface area contributed by atoms with Gasteiger partial charge in [0, 0.05) is 0 Å². The van der Waals surface area contributed by atoms with Crippen LogP contribution in [0.1, 0.15) is 11.1 Å². The summed E-state index contributed by atoms with van der Waals surface area (Å²) in [6.07, 6.45) is 3.77. The number of hydrogen-bond donors (Lipinski definition) is 1. The summed E-state index contributed by atoms with van der Waals surface area (Å²) in [7, 11) is 6.19. The Labute approximate surface area is 217 Å². The van der Waals surface area contributed by atoms with E-state index >= 15 is 0 Å². The van der Waals surface area contributed by atoms with Crippen molar-refractivity contribution in [2.24, 2.45) is 0 Å². The maximum atomic E-state index is 13.4. The van der Waals surface area contributed by atoms with Gasteiger partial charge in [0.25, 0.3) is 5.91 Å². The molecule has 0 fully saturated rings. The summed E-state index contributed by atoms with van der Waals surface area (Å²) < 4.78 is 41.3. The van der Waals surface area contributed by atoms with Crippen molar-refractivity contribution >= 4 is 44.7 Å². The molecule has 0 radical (unpaired) electrons. The molecule has 0 unspecified atom stereocenters. The Morgan fingerprint density at radius 2 is 1.54 bits per heavy atom. The minimum atomic E-state index is -0.403. The normalized spacial score (nSPS) is 10.9. The number of nitrogens with one attached hydrogen (secondary N) is 1. The number of ether oxygens (including phenoxy) is 5. The van der Waals surface area contributed by atoms with Gasteiger partial charge in [0.1, 0.15) is 5.82 Å². The van der Waals surface area contributed by atoms with Crippen molar-refractivity contribution in [2.75, 3.05) is 40.4 Å². The molecule has 1 heterocycles. The van der Waals surface area contributed by atoms with Crippen LogP contribution in [0, 0.1) is 5.82 Å². The fourth-order valence-electron chi connectivity index (χ4n) is 3.55. The van der Waals surface area contributed by atoms with E-state index in [1.807, 2.05) is 30.4 Å². The molecule has 1 N–H and O–H groups in total. The number of rotatable bonds is 10. The van der Waals surface area contributed by atoms with E-state index in [1.54, 1.807) is 39.5 Å². The largest absolute Gasteiger partial charge is 0.493 e. The summed E-state index contributed by atoms with van der Waals surface area (Å²) in [5.74, 6) is 1.72. The molecule has 1 amide bonds. The second-order valence-electron chi connectivity index (χ2n) is 7.67. The molecular weight excluding hydrogens is 499 g/mol. The van der Waals surface area contributed by atoms with Gasteiger partial charge < -0.3 is 23.7 Å². The fraction of sp³-hybridized carbons (Fsp3) is 0.185. The molecule has 37 heavy (non-hydrogen) atoms. The highest BCUT2D eigenvalue weighted by atomic mass is 32.1. The number of carbonyl (C=O) groups excluding carboxylic acids is 1. The first-order valence-corrected chi connectivity index (χ1v) is 11.9. The van der Waals surface area contributed by atoms with Gasteiger partial charge >= 0.3 is 0 Å². The van der Waals surface area contributed by atoms with Gasteiger partial charge in [-0.2, -0.15) is 0 Å². The quantitative estimate of drug-likeness (QED) is 0.268. The first-order valence-electron chi connectivity index (χ1n) is 11.1. The Morgan fingerprint density at radius 1 is 0.865 bits per heavy atom. The number of aromatic nitrogens is 1. The number of thiazole rings is 1. The number of halogens is 1. The van der Waals surface area contributed by atoms with Crippen LogP contribution in [-0.4, -0.2) is 45.9 Å². The average Bonchev–Trinajstić information content (AvgIpc) is 3.31. The minimum Gasteiger partial charge on any atom is -0.493 e. The fourth-order valence-corrected chi connectivity index (χ4v) is 4.46. The molecule has 0 aliphatic heterocycles. The number of methoxy groups -OCH3 is 4. The standard InChI is InChI=1S/C27H25FN2O6S/c1-32-20-10-7-16(5-6-17-12-22(33-2)26(35-4)23(13-17)34-3)11-21(20)36-15-25(31)30-27-29-19-9-8-18(28)14-24(19)37-27/h5-14H,15H2,1-4H3,(H,29,30,31)/b6-5-. The number of fused-ring (bicyclic) bond motifs is 1. The Hall–Kier alpha value is -4.31. The zero-order valence-electron chi connectivity index (χ0n) is 20.7. The molecule has 4 rings (SSSR count). The smallest absolute Gasteiger partial charge is 0.264 e. The van der Waals surface area contributed by atoms with Crippen molar-refractivity contribution < 1.29 is 32.9 Å². The van der Waals surface area contributed by atoms with Crippen LogP contribution in [0.2, 0.25) is 0 Å². The summed E-state index contributed by atoms with van der Waals surface area (Å²) >= 11 is 1.19. The van der Waals surface area contributed by atoms with Crippen LogP contribution in [0.5, 0.6) is 28.7 Å². The van der Waals surface area contributed by atoms with Crippen molar-refractivity contribution in [3.05, 3.63) is 65.5 Å². The van der Waals surface area contributed by atoms with Gasteiger partial charge in [-0.3, -0.25) is 10.1 Å². The molecule has 0 saturated heterocycles. The molecule has 0 aliphatic rings. The summed E-state index contributed by atoms with van der Waals surface area (Å²) in [5, 5.41) is 3.05. The van der Waals surface area contributed by atoms with E-state index in [0.717, 1.165) is 11.1 Å². The number of carbonyl (C=O) groups is 1. The zero-order chi connectivity index (χ0) is 26.4. The Bertz CT molecular complexity index is 1430. The van der Waals surface area contributed by atoms with E-state index in [1.165, 1.54) is 30.6 Å². The van der Waals surface area contributed by atoms with Crippen molar-refractivity contribution in [3.63, 3.8) is 0 Å². The SMILES string of the molecule is COc1ccc(/C=C\c2cc(OC)c(OC)c(OC)c2)cc1OCC(=O)Nc1nc2ccc(F)cc2s1. The van der Waals surface area contributed by atoms with Crippen molar-refractivity contribution in [2.45, 2.75) is 0 Å². The van der Waals surface area contributed by atoms with E-state index < -0.39 is 5.91 Å². The highest BCUT2D eigenvalue weighted by Crippen LogP contribution is 2.39. The molecule has 0 saturated carbocycles. The van der Waals surface area contributed by atoms with Crippen molar-refractivity contribution in [1.82, 2.24) is 4.98 Å². The third-order valence-electron chi connectivity index (χ3n) is 5.30. The third-order valence-corrected chi connectivity index (χ3v) is 6.23. The summed E-state index contributed by atoms with van der Waals surface area (Å²) in [4.78, 5) is 16.8. The van der Waals surface area contributed by atoms with Crippen LogP contribution in [0.15, 0.2) is 48.5 Å². The van der Waals surface area contributed by atoms with E-state index in [2.05, 4.69) is 10.3 Å². The van der Waals surface area contributed by atoms with Crippen LogP contribution >= 0.6 is 11.3 Å². The lowest BCUT2D eigenvalue weighted by Crippen LogP contribution is -2.20. The van der Waals surface area contributed by atoms with E-state index in [0.29, 0.717) is 44.1 Å². The highest BCUT2D eigenvalue weighted by Gasteiger charge is 2.13. The Balaban J connectivity index is 1.46. The second kappa shape index (κ2) is 11.6. The maximum absolute atomic E-state index is 13.4. The van der Waals surface area contributed by atoms with Crippen LogP contribution in [0.3, 0.4) is 0 Å². The van der Waals surface area contributed by atoms with Gasteiger partial charge in [-0.25, -0.2) is 9.37 Å². The number of nitrogens with zero attached hydrogens (tertiary/aromatic N) is 1. The first-order chi connectivity index (χ1) is 17.9. The highest BCUT2D eigenvalue weighted by molar-refractivity contribution is 7.22. The zero-order valence-corrected chi connectivity index (χ0v) is 21.5. The van der Waals surface area contributed by atoms with Gasteiger partial charge in [0.15, 0.2) is 34.7 Å². The van der Waals surface area contributed by atoms with Gasteiger partial charge in [0.05, 0.1) is 38.7 Å². The number of amides is 1. The molecule has 0 atom stereocenters. The second-order valence-corrected chi connectivity index (χ2v) is 8.70. The van der Waals surface area contributed by atoms with E-state index in [9.17, 15) is 9.18 Å². The average molecular weight is 525 g/mol. The minimum absolute atomic E-state index is 0.263. The van der Waals surface area contributed by atoms with E-state index in [-0.39, 0.29) is 12.4 Å². The number of hydrogen-bond acceptors (Lipinski definition) is 8. The molecule has 10 heteroatoms. The lowest BCUT2D eigenvalue weighted by atomic mass is 10.1. The van der Waals surface area contributed by atoms with Gasteiger partial charge in [-0.15, -0.1) is 0 Å². The number of benzene rings is 3. The molecule has 192 valence electrons. The predicted octanol–water partition coefficient (Wildman–Crippen LogP) is 5.66. The van der Waals surface area contributed by atoms with Crippen LogP contribution in [-0.2, 0) is 4.79 Å². The van der Waals surface area contributed by atoms with Crippen LogP contribution < -0.4 is 29.0 Å². The predicted molar refractivity (Wildman–Crippen MR) is 142 cm³/mol. The van der Waals surface area contributed by atoms with E-state index in [4.69, 9.17) is 23.7 Å². The molecule has 3 aromatic carbocycles. The molecule has 0 bridgehead atoms. The topological polar surface area (TPSA) is 88.1 Å². The van der Waals surface area contributed by atoms with Crippen molar-refractivity contribution in [3.8, 4) is 28.7 Å². The van der Waals surface area contributed by atoms with Crippen molar-refractivity contribution in [1.29, 1.82) is 0 Å². The van der Waals surface area contributed by atoms with Gasteiger partial charge in [0.2, 0.25) is 5.75 Å². The lowest BCUT2D eigenvalue weighted by Gasteiger charge is -2.13. The first kappa shape index (κ1) is 25.8. The van der Waals surface area contributed by atoms with Crippen LogP contribution in [0.4, 0.5) is 9.52 Å². The molecule has 0 spiro atoms. The van der Waals surface area contributed by atoms with Crippen LogP contribution in [0.25, 0.3) is 22.4 Å². The molecule has 4 aromatic rings. The van der Waals surface area contributed by atoms with Gasteiger partial charge in [-0.05, 0) is 53.6 Å².